The van der Waals surface area contributed by atoms with Gasteiger partial charge in [0.15, 0.2) is 0 Å². The molecule has 0 saturated carbocycles. The van der Waals surface area contributed by atoms with Crippen molar-refractivity contribution in [2.45, 2.75) is 12.5 Å². The second-order valence-electron chi connectivity index (χ2n) is 6.35. The molecule has 1 atom stereocenters. The topological polar surface area (TPSA) is 80.6 Å². The Bertz CT molecular complexity index is 915. The Balaban J connectivity index is 1.76. The Morgan fingerprint density at radius 2 is 2.04 bits per heavy atom. The molecule has 0 radical (unpaired) electrons. The van der Waals surface area contributed by atoms with Gasteiger partial charge in [0.1, 0.15) is 23.2 Å². The van der Waals surface area contributed by atoms with Crippen LogP contribution in [-0.2, 0) is 4.74 Å². The number of aromatic nitrogens is 2. The highest BCUT2D eigenvalue weighted by atomic mass is 16.5. The molecule has 0 spiro atoms. The van der Waals surface area contributed by atoms with E-state index in [-0.39, 0.29) is 11.9 Å². The van der Waals surface area contributed by atoms with Crippen molar-refractivity contribution in [2.24, 2.45) is 0 Å². The summed E-state index contributed by atoms with van der Waals surface area (Å²) in [7, 11) is 3.29. The lowest BCUT2D eigenvalue weighted by atomic mass is 10.00. The second kappa shape index (κ2) is 7.28. The van der Waals surface area contributed by atoms with Gasteiger partial charge in [-0.05, 0) is 42.8 Å². The van der Waals surface area contributed by atoms with Gasteiger partial charge in [-0.15, -0.1) is 0 Å². The van der Waals surface area contributed by atoms with Gasteiger partial charge >= 0.3 is 0 Å². The Kier molecular flexibility index (Phi) is 4.68. The Morgan fingerprint density at radius 3 is 2.70 bits per heavy atom. The van der Waals surface area contributed by atoms with E-state index in [2.05, 4.69) is 10.2 Å². The predicted molar refractivity (Wildman–Crippen MR) is 98.7 cm³/mol. The van der Waals surface area contributed by atoms with Crippen LogP contribution < -0.4 is 4.74 Å². The van der Waals surface area contributed by atoms with Crippen LogP contribution in [-0.4, -0.2) is 48.4 Å². The van der Waals surface area contributed by atoms with Crippen LogP contribution in [0.15, 0.2) is 47.1 Å². The summed E-state index contributed by atoms with van der Waals surface area (Å²) in [5, 5.41) is 7.36. The number of H-pyrrole nitrogens is 1. The monoisotopic (exact) mass is 367 g/mol. The largest absolute Gasteiger partial charge is 0.497 e. The molecule has 0 fully saturated rings. The van der Waals surface area contributed by atoms with E-state index in [4.69, 9.17) is 13.9 Å². The normalized spacial score (nSPS) is 16.0. The minimum absolute atomic E-state index is 0.0743. The van der Waals surface area contributed by atoms with Crippen LogP contribution in [0.2, 0.25) is 0 Å². The number of rotatable bonds is 7. The summed E-state index contributed by atoms with van der Waals surface area (Å²) in [4.78, 5) is 14.8. The summed E-state index contributed by atoms with van der Waals surface area (Å²) in [5.74, 6) is 1.41. The van der Waals surface area contributed by atoms with Gasteiger partial charge in [-0.1, -0.05) is 0 Å². The number of fused-ring (bicyclic) bond motifs is 1. The van der Waals surface area contributed by atoms with Gasteiger partial charge in [-0.3, -0.25) is 9.89 Å². The number of furan rings is 1. The summed E-state index contributed by atoms with van der Waals surface area (Å²) >= 11 is 0. The van der Waals surface area contributed by atoms with Crippen molar-refractivity contribution in [1.29, 1.82) is 0 Å². The molecule has 3 heterocycles. The molecule has 0 aliphatic carbocycles. The van der Waals surface area contributed by atoms with E-state index < -0.39 is 0 Å². The number of hydrogen-bond donors (Lipinski definition) is 1. The molecule has 2 aromatic heterocycles. The molecular formula is C20H21N3O4. The van der Waals surface area contributed by atoms with E-state index in [1.165, 1.54) is 0 Å². The quantitative estimate of drug-likeness (QED) is 0.648. The fraction of sp³-hybridized carbons (Fsp3) is 0.300. The third kappa shape index (κ3) is 3.00. The number of hydrogen-bond acceptors (Lipinski definition) is 5. The van der Waals surface area contributed by atoms with Crippen molar-refractivity contribution in [3.05, 3.63) is 59.7 Å². The van der Waals surface area contributed by atoms with E-state index in [1.54, 1.807) is 20.5 Å². The van der Waals surface area contributed by atoms with E-state index >= 15 is 0 Å². The van der Waals surface area contributed by atoms with Gasteiger partial charge in [0, 0.05) is 31.4 Å². The molecule has 4 rings (SSSR count). The van der Waals surface area contributed by atoms with Crippen LogP contribution in [0, 0.1) is 0 Å². The number of nitrogens with zero attached hydrogens (tertiary/aromatic N) is 2. The first-order valence-electron chi connectivity index (χ1n) is 8.80. The fourth-order valence-electron chi connectivity index (χ4n) is 3.52. The molecule has 1 aliphatic rings. The van der Waals surface area contributed by atoms with Crippen LogP contribution in [0.25, 0.3) is 11.3 Å². The predicted octanol–water partition coefficient (Wildman–Crippen LogP) is 3.26. The standard InChI is InChI=1S/C20H21N3O4/c1-25-11-4-10-23-19(15-5-3-12-27-15)16-17(21-22-18(16)20(23)24)13-6-8-14(26-2)9-7-13/h3,5-9,12,19H,4,10-11H2,1-2H3,(H,21,22). The third-order valence-corrected chi connectivity index (χ3v) is 4.79. The first kappa shape index (κ1) is 17.4. The van der Waals surface area contributed by atoms with Crippen LogP contribution in [0.1, 0.15) is 34.3 Å². The minimum atomic E-state index is -0.310. The number of methoxy groups -OCH3 is 2. The molecular weight excluding hydrogens is 346 g/mol. The Morgan fingerprint density at radius 1 is 1.22 bits per heavy atom. The zero-order valence-corrected chi connectivity index (χ0v) is 15.3. The van der Waals surface area contributed by atoms with E-state index in [1.807, 2.05) is 41.3 Å². The Hall–Kier alpha value is -3.06. The molecule has 1 amide bonds. The van der Waals surface area contributed by atoms with Crippen molar-refractivity contribution in [1.82, 2.24) is 15.1 Å². The van der Waals surface area contributed by atoms with Crippen molar-refractivity contribution in [2.75, 3.05) is 27.4 Å². The zero-order valence-electron chi connectivity index (χ0n) is 15.3. The maximum Gasteiger partial charge on any atom is 0.273 e. The summed E-state index contributed by atoms with van der Waals surface area (Å²) in [6.45, 7) is 1.16. The van der Waals surface area contributed by atoms with Crippen LogP contribution in [0.3, 0.4) is 0 Å². The first-order chi connectivity index (χ1) is 13.2. The molecule has 140 valence electrons. The molecule has 0 saturated heterocycles. The van der Waals surface area contributed by atoms with Gasteiger partial charge in [0.25, 0.3) is 5.91 Å². The number of ether oxygens (including phenoxy) is 2. The number of benzene rings is 1. The highest BCUT2D eigenvalue weighted by Crippen LogP contribution is 2.43. The second-order valence-corrected chi connectivity index (χ2v) is 6.35. The SMILES string of the molecule is COCCCN1C(=O)c2[nH]nc(-c3ccc(OC)cc3)c2C1c1ccco1. The maximum atomic E-state index is 13.0. The van der Waals surface area contributed by atoms with Crippen LogP contribution in [0.5, 0.6) is 5.75 Å². The van der Waals surface area contributed by atoms with Gasteiger partial charge < -0.3 is 18.8 Å². The average Bonchev–Trinajstić information content (AvgIpc) is 3.41. The van der Waals surface area contributed by atoms with Gasteiger partial charge in [-0.2, -0.15) is 5.10 Å². The molecule has 0 bridgehead atoms. The number of carbonyl (C=O) groups is 1. The first-order valence-corrected chi connectivity index (χ1v) is 8.80. The summed E-state index contributed by atoms with van der Waals surface area (Å²) in [5.41, 5.74) is 3.02. The van der Waals surface area contributed by atoms with Crippen LogP contribution >= 0.6 is 0 Å². The molecule has 1 aromatic carbocycles. The van der Waals surface area contributed by atoms with Gasteiger partial charge in [-0.25, -0.2) is 0 Å². The highest BCUT2D eigenvalue weighted by Gasteiger charge is 2.43. The lowest BCUT2D eigenvalue weighted by Crippen LogP contribution is -2.31. The number of nitrogens with one attached hydrogen (secondary N) is 1. The number of carbonyl (C=O) groups excluding carboxylic acids is 1. The lowest BCUT2D eigenvalue weighted by molar-refractivity contribution is 0.0708. The molecule has 7 nitrogen and oxygen atoms in total. The van der Waals surface area contributed by atoms with Crippen LogP contribution in [0.4, 0.5) is 0 Å². The lowest BCUT2D eigenvalue weighted by Gasteiger charge is -2.24. The fourth-order valence-corrected chi connectivity index (χ4v) is 3.52. The smallest absolute Gasteiger partial charge is 0.273 e. The Labute approximate surface area is 156 Å². The molecule has 7 heteroatoms. The molecule has 3 aromatic rings. The van der Waals surface area contributed by atoms with E-state index in [0.717, 1.165) is 34.8 Å². The van der Waals surface area contributed by atoms with Crippen molar-refractivity contribution in [3.63, 3.8) is 0 Å². The van der Waals surface area contributed by atoms with Gasteiger partial charge in [0.05, 0.1) is 19.1 Å². The van der Waals surface area contributed by atoms with Crippen molar-refractivity contribution in [3.8, 4) is 17.0 Å². The third-order valence-electron chi connectivity index (χ3n) is 4.79. The van der Waals surface area contributed by atoms with Crippen molar-refractivity contribution >= 4 is 5.91 Å². The number of aromatic amines is 1. The molecule has 27 heavy (non-hydrogen) atoms. The summed E-state index contributed by atoms with van der Waals surface area (Å²) < 4.78 is 16.0. The zero-order chi connectivity index (χ0) is 18.8. The van der Waals surface area contributed by atoms with E-state index in [9.17, 15) is 4.79 Å². The average molecular weight is 367 g/mol. The molecule has 1 N–H and O–H groups in total. The minimum Gasteiger partial charge on any atom is -0.497 e. The highest BCUT2D eigenvalue weighted by molar-refractivity contribution is 6.00. The van der Waals surface area contributed by atoms with Gasteiger partial charge in [0.2, 0.25) is 0 Å². The summed E-state index contributed by atoms with van der Waals surface area (Å²) in [6, 6.07) is 11.0. The van der Waals surface area contributed by atoms with E-state index in [0.29, 0.717) is 18.8 Å². The van der Waals surface area contributed by atoms with Crippen molar-refractivity contribution < 1.29 is 18.7 Å². The number of amides is 1. The molecule has 1 aliphatic heterocycles. The maximum absolute atomic E-state index is 13.0. The molecule has 1 unspecified atom stereocenters. The summed E-state index contributed by atoms with van der Waals surface area (Å²) in [6.07, 6.45) is 2.37.